The van der Waals surface area contributed by atoms with Crippen LogP contribution in [0.5, 0.6) is 0 Å². The summed E-state index contributed by atoms with van der Waals surface area (Å²) in [5, 5.41) is 0. The Hall–Kier alpha value is -0.860. The number of likely N-dealkylation sites (N-methyl/N-ethyl adjacent to an activating group) is 1. The van der Waals surface area contributed by atoms with E-state index in [2.05, 4.69) is 48.2 Å². The van der Waals surface area contributed by atoms with Crippen molar-refractivity contribution >= 4 is 0 Å². The number of likely N-dealkylation sites (tertiary alicyclic amines) is 1. The van der Waals surface area contributed by atoms with E-state index in [0.717, 1.165) is 19.5 Å². The lowest BCUT2D eigenvalue weighted by Gasteiger charge is -2.26. The summed E-state index contributed by atoms with van der Waals surface area (Å²) in [6, 6.07) is 9.20. The zero-order valence-corrected chi connectivity index (χ0v) is 11.9. The van der Waals surface area contributed by atoms with Gasteiger partial charge in [0.25, 0.3) is 0 Å². The topological polar surface area (TPSA) is 6.48 Å². The van der Waals surface area contributed by atoms with Crippen molar-refractivity contribution in [3.63, 3.8) is 0 Å². The maximum absolute atomic E-state index is 2.58. The average Bonchev–Trinajstić information content (AvgIpc) is 2.39. The third-order valence-corrected chi connectivity index (χ3v) is 3.73. The highest BCUT2D eigenvalue weighted by Crippen LogP contribution is 2.13. The second-order valence-electron chi connectivity index (χ2n) is 5.71. The van der Waals surface area contributed by atoms with E-state index in [4.69, 9.17) is 0 Å². The maximum Gasteiger partial charge on any atom is 0.0233 e. The molecule has 1 fully saturated rings. The molecule has 0 radical (unpaired) electrons. The first-order valence-electron chi connectivity index (χ1n) is 7.19. The number of benzene rings is 1. The van der Waals surface area contributed by atoms with Crippen molar-refractivity contribution in [1.29, 1.82) is 0 Å². The summed E-state index contributed by atoms with van der Waals surface area (Å²) in [7, 11) is 4.26. The molecular weight excluding hydrogens is 220 g/mol. The quantitative estimate of drug-likeness (QED) is 0.788. The molecule has 1 heterocycles. The lowest BCUT2D eigenvalue weighted by atomic mass is 10.1. The monoisotopic (exact) mass is 246 g/mol. The summed E-state index contributed by atoms with van der Waals surface area (Å²) in [6.45, 7) is 4.82. The van der Waals surface area contributed by atoms with Gasteiger partial charge in [-0.1, -0.05) is 30.7 Å². The predicted octanol–water partition coefficient (Wildman–Crippen LogP) is 2.78. The van der Waals surface area contributed by atoms with E-state index in [-0.39, 0.29) is 0 Å². The van der Waals surface area contributed by atoms with Crippen LogP contribution in [0, 0.1) is 0 Å². The van der Waals surface area contributed by atoms with Crippen molar-refractivity contribution in [3.05, 3.63) is 35.4 Å². The van der Waals surface area contributed by atoms with E-state index in [0.29, 0.717) is 0 Å². The zero-order valence-electron chi connectivity index (χ0n) is 11.9. The molecule has 2 nitrogen and oxygen atoms in total. The molecule has 1 aromatic rings. The largest absolute Gasteiger partial charge is 0.309 e. The van der Waals surface area contributed by atoms with E-state index >= 15 is 0 Å². The molecule has 0 aromatic heterocycles. The van der Waals surface area contributed by atoms with Crippen molar-refractivity contribution in [2.45, 2.75) is 32.2 Å². The van der Waals surface area contributed by atoms with E-state index in [1.54, 1.807) is 0 Å². The van der Waals surface area contributed by atoms with Crippen LogP contribution in [0.1, 0.15) is 30.4 Å². The second kappa shape index (κ2) is 6.91. The summed E-state index contributed by atoms with van der Waals surface area (Å²) >= 11 is 0. The third kappa shape index (κ3) is 4.43. The first-order chi connectivity index (χ1) is 8.74. The Kier molecular flexibility index (Phi) is 5.21. The number of nitrogens with zero attached hydrogens (tertiary/aromatic N) is 2. The van der Waals surface area contributed by atoms with Crippen LogP contribution < -0.4 is 0 Å². The molecule has 0 bridgehead atoms. The standard InChI is InChI=1S/C16H26N2/c1-17(2)13-10-15-6-8-16(9-7-15)14-18-11-4-3-5-12-18/h6-9H,3-5,10-14H2,1-2H3. The molecule has 1 aliphatic heterocycles. The molecule has 2 heteroatoms. The first kappa shape index (κ1) is 13.6. The molecule has 100 valence electrons. The third-order valence-electron chi connectivity index (χ3n) is 3.73. The number of hydrogen-bond acceptors (Lipinski definition) is 2. The van der Waals surface area contributed by atoms with Gasteiger partial charge in [0, 0.05) is 13.1 Å². The van der Waals surface area contributed by atoms with Crippen LogP contribution >= 0.6 is 0 Å². The first-order valence-corrected chi connectivity index (χ1v) is 7.19. The maximum atomic E-state index is 2.58. The van der Waals surface area contributed by atoms with Gasteiger partial charge in [0.1, 0.15) is 0 Å². The van der Waals surface area contributed by atoms with Crippen LogP contribution in [0.15, 0.2) is 24.3 Å². The van der Waals surface area contributed by atoms with Gasteiger partial charge in [0.05, 0.1) is 0 Å². The van der Waals surface area contributed by atoms with Gasteiger partial charge in [-0.15, -0.1) is 0 Å². The minimum absolute atomic E-state index is 1.13. The second-order valence-corrected chi connectivity index (χ2v) is 5.71. The molecule has 0 amide bonds. The van der Waals surface area contributed by atoms with E-state index < -0.39 is 0 Å². The summed E-state index contributed by atoms with van der Waals surface area (Å²) in [4.78, 5) is 4.82. The van der Waals surface area contributed by atoms with Crippen LogP contribution in [-0.2, 0) is 13.0 Å². The molecule has 0 aliphatic carbocycles. The number of hydrogen-bond donors (Lipinski definition) is 0. The summed E-state index contributed by atoms with van der Waals surface area (Å²) in [5.41, 5.74) is 2.91. The van der Waals surface area contributed by atoms with Crippen molar-refractivity contribution in [3.8, 4) is 0 Å². The fourth-order valence-corrected chi connectivity index (χ4v) is 2.54. The highest BCUT2D eigenvalue weighted by Gasteiger charge is 2.09. The summed E-state index contributed by atoms with van der Waals surface area (Å²) in [6.07, 6.45) is 5.32. The highest BCUT2D eigenvalue weighted by molar-refractivity contribution is 5.22. The molecule has 0 N–H and O–H groups in total. The average molecular weight is 246 g/mol. The molecular formula is C16H26N2. The van der Waals surface area contributed by atoms with Gasteiger partial charge in [-0.05, 0) is 57.6 Å². The van der Waals surface area contributed by atoms with Crippen molar-refractivity contribution in [1.82, 2.24) is 9.80 Å². The molecule has 1 aliphatic rings. The molecule has 0 unspecified atom stereocenters. The predicted molar refractivity (Wildman–Crippen MR) is 77.8 cm³/mol. The van der Waals surface area contributed by atoms with Gasteiger partial charge >= 0.3 is 0 Å². The van der Waals surface area contributed by atoms with Gasteiger partial charge in [-0.25, -0.2) is 0 Å². The van der Waals surface area contributed by atoms with Crippen LogP contribution in [0.25, 0.3) is 0 Å². The fourth-order valence-electron chi connectivity index (χ4n) is 2.54. The van der Waals surface area contributed by atoms with Gasteiger partial charge in [0.2, 0.25) is 0 Å². The van der Waals surface area contributed by atoms with Crippen LogP contribution in [0.3, 0.4) is 0 Å². The Morgan fingerprint density at radius 3 is 2.17 bits per heavy atom. The molecule has 0 saturated carbocycles. The molecule has 2 rings (SSSR count). The number of piperidine rings is 1. The van der Waals surface area contributed by atoms with Gasteiger partial charge in [-0.2, -0.15) is 0 Å². The van der Waals surface area contributed by atoms with Crippen molar-refractivity contribution in [2.75, 3.05) is 33.7 Å². The van der Waals surface area contributed by atoms with Crippen molar-refractivity contribution < 1.29 is 0 Å². The Labute approximate surface area is 112 Å². The number of rotatable bonds is 5. The fraction of sp³-hybridized carbons (Fsp3) is 0.625. The van der Waals surface area contributed by atoms with Crippen LogP contribution in [-0.4, -0.2) is 43.5 Å². The molecule has 0 atom stereocenters. The molecule has 1 saturated heterocycles. The molecule has 1 aromatic carbocycles. The Morgan fingerprint density at radius 1 is 0.944 bits per heavy atom. The van der Waals surface area contributed by atoms with Gasteiger partial charge in [0.15, 0.2) is 0 Å². The minimum atomic E-state index is 1.13. The van der Waals surface area contributed by atoms with Crippen LogP contribution in [0.4, 0.5) is 0 Å². The molecule has 0 spiro atoms. The normalized spacial score (nSPS) is 17.3. The van der Waals surface area contributed by atoms with E-state index in [9.17, 15) is 0 Å². The van der Waals surface area contributed by atoms with E-state index in [1.807, 2.05) is 0 Å². The Balaban J connectivity index is 1.83. The zero-order chi connectivity index (χ0) is 12.8. The summed E-state index contributed by atoms with van der Waals surface area (Å²) in [5.74, 6) is 0. The van der Waals surface area contributed by atoms with Gasteiger partial charge in [-0.3, -0.25) is 4.90 Å². The van der Waals surface area contributed by atoms with Crippen molar-refractivity contribution in [2.24, 2.45) is 0 Å². The lowest BCUT2D eigenvalue weighted by Crippen LogP contribution is -2.29. The summed E-state index contributed by atoms with van der Waals surface area (Å²) < 4.78 is 0. The SMILES string of the molecule is CN(C)CCc1ccc(CN2CCCCC2)cc1. The lowest BCUT2D eigenvalue weighted by molar-refractivity contribution is 0.221. The van der Waals surface area contributed by atoms with E-state index in [1.165, 1.54) is 43.5 Å². The Morgan fingerprint density at radius 2 is 1.56 bits per heavy atom. The Bertz CT molecular complexity index is 337. The highest BCUT2D eigenvalue weighted by atomic mass is 15.1. The minimum Gasteiger partial charge on any atom is -0.309 e. The molecule has 18 heavy (non-hydrogen) atoms. The van der Waals surface area contributed by atoms with Crippen LogP contribution in [0.2, 0.25) is 0 Å². The smallest absolute Gasteiger partial charge is 0.0233 e. The van der Waals surface area contributed by atoms with Gasteiger partial charge < -0.3 is 4.90 Å².